The zero-order valence-corrected chi connectivity index (χ0v) is 4.24. The van der Waals surface area contributed by atoms with Gasteiger partial charge in [-0.2, -0.15) is 4.99 Å². The molecule has 48 valence electrons. The lowest BCUT2D eigenvalue weighted by Crippen LogP contribution is -1.96. The van der Waals surface area contributed by atoms with E-state index in [4.69, 9.17) is 10.2 Å². The number of carboxylic acids is 1. The lowest BCUT2D eigenvalue weighted by molar-refractivity contribution is -0.132. The van der Waals surface area contributed by atoms with Crippen molar-refractivity contribution in [2.75, 3.05) is 0 Å². The van der Waals surface area contributed by atoms with Gasteiger partial charge in [-0.25, -0.2) is 9.59 Å². The SMILES string of the molecule is O=C=NC(=CO)C(=O)O. The second-order valence-electron chi connectivity index (χ2n) is 1.02. The maximum Gasteiger partial charge on any atom is 0.358 e. The molecule has 2 N–H and O–H groups in total. The van der Waals surface area contributed by atoms with E-state index in [1.807, 2.05) is 0 Å². The van der Waals surface area contributed by atoms with Crippen molar-refractivity contribution in [1.29, 1.82) is 0 Å². The molecular formula is C4H3NO4. The van der Waals surface area contributed by atoms with Crippen LogP contribution in [0.15, 0.2) is 17.0 Å². The number of isocyanates is 1. The molecule has 0 saturated heterocycles. The average molecular weight is 129 g/mol. The highest BCUT2D eigenvalue weighted by molar-refractivity contribution is 5.86. The molecule has 9 heavy (non-hydrogen) atoms. The minimum atomic E-state index is -1.47. The van der Waals surface area contributed by atoms with Gasteiger partial charge in [-0.05, 0) is 0 Å². The Balaban J connectivity index is 4.37. The third kappa shape index (κ3) is 2.25. The highest BCUT2D eigenvalue weighted by Crippen LogP contribution is 1.91. The first kappa shape index (κ1) is 7.39. The summed E-state index contributed by atoms with van der Waals surface area (Å²) in [5.74, 6) is -1.47. The van der Waals surface area contributed by atoms with Gasteiger partial charge in [0.15, 0.2) is 5.70 Å². The number of hydrogen-bond donors (Lipinski definition) is 2. The third-order valence-corrected chi connectivity index (χ3v) is 0.507. The zero-order chi connectivity index (χ0) is 7.28. The summed E-state index contributed by atoms with van der Waals surface area (Å²) in [6, 6.07) is 0. The molecule has 0 aliphatic carbocycles. The molecule has 0 unspecified atom stereocenters. The molecule has 0 rings (SSSR count). The predicted octanol–water partition coefficient (Wildman–Crippen LogP) is -0.194. The van der Waals surface area contributed by atoms with E-state index in [9.17, 15) is 9.59 Å². The standard InChI is InChI=1S/C4H3NO4/c6-1-3(4(8)9)5-2-7/h1,6H,(H,8,9). The smallest absolute Gasteiger partial charge is 0.358 e. The number of aliphatic hydroxyl groups is 1. The monoisotopic (exact) mass is 129 g/mol. The van der Waals surface area contributed by atoms with E-state index in [-0.39, 0.29) is 6.26 Å². The fourth-order valence-electron chi connectivity index (χ4n) is 0.181. The highest BCUT2D eigenvalue weighted by Gasteiger charge is 2.03. The van der Waals surface area contributed by atoms with Crippen LogP contribution in [0.1, 0.15) is 0 Å². The zero-order valence-electron chi connectivity index (χ0n) is 4.24. The van der Waals surface area contributed by atoms with Crippen molar-refractivity contribution in [3.8, 4) is 0 Å². The van der Waals surface area contributed by atoms with Crippen LogP contribution < -0.4 is 0 Å². The molecule has 0 heterocycles. The van der Waals surface area contributed by atoms with Gasteiger partial charge in [0.2, 0.25) is 6.08 Å². The Morgan fingerprint density at radius 2 is 2.22 bits per heavy atom. The lowest BCUT2D eigenvalue weighted by atomic mass is 10.5. The Labute approximate surface area is 50.0 Å². The first-order chi connectivity index (χ1) is 4.22. The molecule has 0 aromatic rings. The summed E-state index contributed by atoms with van der Waals surface area (Å²) < 4.78 is 0. The van der Waals surface area contributed by atoms with E-state index in [0.29, 0.717) is 0 Å². The molecule has 0 amide bonds. The number of carboxylic acid groups (broad SMARTS) is 1. The van der Waals surface area contributed by atoms with Crippen molar-refractivity contribution in [1.82, 2.24) is 0 Å². The minimum absolute atomic E-state index is 0.216. The molecule has 0 bridgehead atoms. The Morgan fingerprint density at radius 1 is 1.67 bits per heavy atom. The van der Waals surface area contributed by atoms with Gasteiger partial charge >= 0.3 is 5.97 Å². The van der Waals surface area contributed by atoms with Crippen LogP contribution in [0.2, 0.25) is 0 Å². The van der Waals surface area contributed by atoms with Gasteiger partial charge in [-0.1, -0.05) is 0 Å². The summed E-state index contributed by atoms with van der Waals surface area (Å²) in [4.78, 5) is 21.8. The average Bonchev–Trinajstić information content (AvgIpc) is 1.82. The summed E-state index contributed by atoms with van der Waals surface area (Å²) in [6.45, 7) is 0. The van der Waals surface area contributed by atoms with Crippen LogP contribution in [0.3, 0.4) is 0 Å². The Kier molecular flexibility index (Phi) is 2.79. The summed E-state index contributed by atoms with van der Waals surface area (Å²) in [5.41, 5.74) is -0.731. The number of aliphatic imine (C=N–C) groups is 1. The molecule has 0 atom stereocenters. The third-order valence-electron chi connectivity index (χ3n) is 0.507. The summed E-state index contributed by atoms with van der Waals surface area (Å²) >= 11 is 0. The second-order valence-corrected chi connectivity index (χ2v) is 1.02. The number of carbonyl (C=O) groups excluding carboxylic acids is 1. The molecule has 0 aromatic carbocycles. The van der Waals surface area contributed by atoms with Crippen LogP contribution in [-0.4, -0.2) is 22.3 Å². The Morgan fingerprint density at radius 3 is 2.33 bits per heavy atom. The van der Waals surface area contributed by atoms with Crippen molar-refractivity contribution in [3.63, 3.8) is 0 Å². The van der Waals surface area contributed by atoms with Gasteiger partial charge in [0.25, 0.3) is 0 Å². The lowest BCUT2D eigenvalue weighted by Gasteiger charge is -1.83. The maximum atomic E-state index is 9.82. The topological polar surface area (TPSA) is 87.0 Å². The van der Waals surface area contributed by atoms with Crippen molar-refractivity contribution < 1.29 is 19.8 Å². The van der Waals surface area contributed by atoms with Crippen LogP contribution in [-0.2, 0) is 9.59 Å². The van der Waals surface area contributed by atoms with Crippen molar-refractivity contribution in [3.05, 3.63) is 12.0 Å². The number of nitrogens with zero attached hydrogens (tertiary/aromatic N) is 1. The van der Waals surface area contributed by atoms with E-state index >= 15 is 0 Å². The van der Waals surface area contributed by atoms with Crippen molar-refractivity contribution in [2.24, 2.45) is 4.99 Å². The van der Waals surface area contributed by atoms with Crippen molar-refractivity contribution in [2.45, 2.75) is 0 Å². The molecule has 0 aliphatic heterocycles. The van der Waals surface area contributed by atoms with Gasteiger partial charge in [0, 0.05) is 0 Å². The second kappa shape index (κ2) is 3.40. The molecule has 5 heteroatoms. The first-order valence-corrected chi connectivity index (χ1v) is 1.88. The van der Waals surface area contributed by atoms with Gasteiger partial charge in [-0.15, -0.1) is 0 Å². The van der Waals surface area contributed by atoms with E-state index in [0.717, 1.165) is 6.08 Å². The summed E-state index contributed by atoms with van der Waals surface area (Å²) in [6.07, 6.45) is 1.18. The Hall–Kier alpha value is -1.61. The maximum absolute atomic E-state index is 9.82. The molecule has 0 saturated carbocycles. The van der Waals surface area contributed by atoms with Crippen LogP contribution in [0.4, 0.5) is 0 Å². The van der Waals surface area contributed by atoms with Crippen LogP contribution in [0, 0.1) is 0 Å². The first-order valence-electron chi connectivity index (χ1n) is 1.88. The Bertz CT molecular complexity index is 185. The fraction of sp³-hybridized carbons (Fsp3) is 0. The van der Waals surface area contributed by atoms with E-state index in [1.54, 1.807) is 0 Å². The summed E-state index contributed by atoms with van der Waals surface area (Å²) in [7, 11) is 0. The molecule has 0 aromatic heterocycles. The van der Waals surface area contributed by atoms with E-state index in [2.05, 4.69) is 4.99 Å². The molecule has 0 radical (unpaired) electrons. The molecule has 0 fully saturated rings. The normalized spacial score (nSPS) is 10.0. The molecule has 5 nitrogen and oxygen atoms in total. The van der Waals surface area contributed by atoms with E-state index in [1.165, 1.54) is 0 Å². The van der Waals surface area contributed by atoms with E-state index < -0.39 is 11.7 Å². The fourth-order valence-corrected chi connectivity index (χ4v) is 0.181. The van der Waals surface area contributed by atoms with Crippen LogP contribution in [0.25, 0.3) is 0 Å². The number of hydrogen-bond acceptors (Lipinski definition) is 4. The van der Waals surface area contributed by atoms with Gasteiger partial charge < -0.3 is 10.2 Å². The van der Waals surface area contributed by atoms with Crippen molar-refractivity contribution >= 4 is 12.0 Å². The predicted molar refractivity (Wildman–Crippen MR) is 26.5 cm³/mol. The molecule has 0 spiro atoms. The number of aliphatic hydroxyl groups excluding tert-OH is 1. The van der Waals surface area contributed by atoms with Gasteiger partial charge in [0.05, 0.1) is 0 Å². The van der Waals surface area contributed by atoms with Crippen LogP contribution in [0.5, 0.6) is 0 Å². The molecule has 0 aliphatic rings. The number of rotatable bonds is 2. The molecular weight excluding hydrogens is 126 g/mol. The van der Waals surface area contributed by atoms with Gasteiger partial charge in [-0.3, -0.25) is 0 Å². The number of aliphatic carboxylic acids is 1. The quantitative estimate of drug-likeness (QED) is 0.234. The number of carbonyl (C=O) groups is 1. The minimum Gasteiger partial charge on any atom is -0.513 e. The van der Waals surface area contributed by atoms with Crippen LogP contribution >= 0.6 is 0 Å². The highest BCUT2D eigenvalue weighted by atomic mass is 16.4. The van der Waals surface area contributed by atoms with Gasteiger partial charge in [0.1, 0.15) is 6.26 Å². The largest absolute Gasteiger partial charge is 0.513 e. The summed E-state index contributed by atoms with van der Waals surface area (Å²) in [5, 5.41) is 16.0.